The number of hydrogen-bond acceptors (Lipinski definition) is 8. The third kappa shape index (κ3) is 15.3. The van der Waals surface area contributed by atoms with Crippen molar-refractivity contribution in [1.82, 2.24) is 10.3 Å². The summed E-state index contributed by atoms with van der Waals surface area (Å²) in [5, 5.41) is 7.05. The van der Waals surface area contributed by atoms with Gasteiger partial charge >= 0.3 is 0 Å². The van der Waals surface area contributed by atoms with E-state index in [1.54, 1.807) is 12.1 Å². The number of aldehydes is 2. The van der Waals surface area contributed by atoms with Gasteiger partial charge in [-0.2, -0.15) is 0 Å². The van der Waals surface area contributed by atoms with E-state index in [0.717, 1.165) is 53.0 Å². The molecule has 1 aromatic carbocycles. The maximum atomic E-state index is 10.7. The van der Waals surface area contributed by atoms with E-state index >= 15 is 0 Å². The van der Waals surface area contributed by atoms with Gasteiger partial charge in [-0.25, -0.2) is 4.98 Å². The number of aromatic nitrogens is 1. The Morgan fingerprint density at radius 2 is 1.65 bits per heavy atom. The number of carbonyl (C=O) groups excluding carboxylic acids is 2. The van der Waals surface area contributed by atoms with E-state index in [9.17, 15) is 9.59 Å². The number of thiophene rings is 1. The molecule has 3 heterocycles. The molecule has 1 aliphatic carbocycles. The summed E-state index contributed by atoms with van der Waals surface area (Å²) in [5.74, 6) is 0.375. The highest BCUT2D eigenvalue weighted by molar-refractivity contribution is 7.20. The number of aryl methyl sites for hydroxylation is 2. The number of nitrogens with two attached hydrogens (primary N) is 1. The van der Waals surface area contributed by atoms with Crippen LogP contribution in [0.3, 0.4) is 0 Å². The Morgan fingerprint density at radius 3 is 2.10 bits per heavy atom. The summed E-state index contributed by atoms with van der Waals surface area (Å²) in [4.78, 5) is 26.9. The molecule has 3 aromatic heterocycles. The summed E-state index contributed by atoms with van der Waals surface area (Å²) in [6, 6.07) is 17.5. The van der Waals surface area contributed by atoms with Crippen LogP contribution in [0.15, 0.2) is 65.3 Å². The number of nitrogens with zero attached hydrogens (tertiary/aromatic N) is 1. The number of fused-ring (bicyclic) bond motifs is 2. The summed E-state index contributed by atoms with van der Waals surface area (Å²) in [6.45, 7) is 9.90. The van der Waals surface area contributed by atoms with Gasteiger partial charge in [0.15, 0.2) is 18.3 Å². The number of para-hydroxylation sites is 1. The highest BCUT2D eigenvalue weighted by Gasteiger charge is 2.13. The van der Waals surface area contributed by atoms with Gasteiger partial charge in [0.2, 0.25) is 0 Å². The van der Waals surface area contributed by atoms with Crippen LogP contribution in [0.2, 0.25) is 0 Å². The minimum atomic E-state index is 0.375. The van der Waals surface area contributed by atoms with Gasteiger partial charge in [0.25, 0.3) is 0 Å². The molecule has 0 saturated carbocycles. The fourth-order valence-corrected chi connectivity index (χ4v) is 4.13. The fraction of sp³-hybridized carbons (Fsp3) is 0.406. The topological polar surface area (TPSA) is 110 Å². The average molecular weight is 569 g/mol. The van der Waals surface area contributed by atoms with Crippen LogP contribution in [0.1, 0.15) is 78.4 Å². The van der Waals surface area contributed by atoms with Crippen molar-refractivity contribution in [2.45, 2.75) is 59.8 Å². The predicted octanol–water partition coefficient (Wildman–Crippen LogP) is 7.42. The molecule has 0 amide bonds. The smallest absolute Gasteiger partial charge is 0.185 e. The number of likely N-dealkylation sites (N-methyl/N-ethyl adjacent to an activating group) is 1. The zero-order chi connectivity index (χ0) is 30.0. The molecule has 0 bridgehead atoms. The van der Waals surface area contributed by atoms with E-state index in [2.05, 4.69) is 39.9 Å². The second-order valence-corrected chi connectivity index (χ2v) is 9.37. The average Bonchev–Trinajstić information content (AvgIpc) is 3.69. The summed E-state index contributed by atoms with van der Waals surface area (Å²) < 4.78 is 4.61. The third-order valence-corrected chi connectivity index (χ3v) is 6.01. The molecule has 0 aliphatic heterocycles. The zero-order valence-corrected chi connectivity index (χ0v) is 25.9. The number of anilines is 1. The van der Waals surface area contributed by atoms with Crippen LogP contribution >= 0.6 is 11.3 Å². The molecule has 1 aliphatic rings. The SMILES string of the molecule is CC.CCC.CNCCN.CNc1ccccc1.O=Cc1cc2cc3c(nc2s1)CCCC3.O=Cc1ccco1. The Bertz CT molecular complexity index is 1100. The predicted molar refractivity (Wildman–Crippen MR) is 172 cm³/mol. The number of pyridine rings is 1. The van der Waals surface area contributed by atoms with Gasteiger partial charge in [-0.1, -0.05) is 52.3 Å². The maximum Gasteiger partial charge on any atom is 0.185 e. The van der Waals surface area contributed by atoms with E-state index in [0.29, 0.717) is 12.0 Å². The molecule has 7 nitrogen and oxygen atoms in total. The lowest BCUT2D eigenvalue weighted by Gasteiger charge is -2.13. The molecule has 40 heavy (non-hydrogen) atoms. The molecule has 0 spiro atoms. The first-order valence-corrected chi connectivity index (χ1v) is 14.8. The Kier molecular flexibility index (Phi) is 22.6. The number of benzene rings is 1. The lowest BCUT2D eigenvalue weighted by Crippen LogP contribution is -2.17. The molecule has 4 aromatic rings. The molecule has 0 atom stereocenters. The monoisotopic (exact) mass is 568 g/mol. The van der Waals surface area contributed by atoms with E-state index in [4.69, 9.17) is 5.73 Å². The zero-order valence-electron chi connectivity index (χ0n) is 25.0. The molecule has 8 heteroatoms. The second kappa shape index (κ2) is 24.7. The van der Waals surface area contributed by atoms with Crippen molar-refractivity contribution in [1.29, 1.82) is 0 Å². The lowest BCUT2D eigenvalue weighted by molar-refractivity contribution is 0.109. The van der Waals surface area contributed by atoms with Crippen molar-refractivity contribution in [3.05, 3.63) is 82.8 Å². The molecule has 0 fully saturated rings. The number of hydrogen-bond donors (Lipinski definition) is 3. The highest BCUT2D eigenvalue weighted by Crippen LogP contribution is 2.28. The van der Waals surface area contributed by atoms with E-state index in [1.165, 1.54) is 48.1 Å². The summed E-state index contributed by atoms with van der Waals surface area (Å²) in [5.41, 5.74) is 8.86. The molecular formula is C32H48N4O3S. The van der Waals surface area contributed by atoms with Gasteiger partial charge < -0.3 is 20.8 Å². The first-order valence-electron chi connectivity index (χ1n) is 14.0. The fourth-order valence-electron chi connectivity index (χ4n) is 3.28. The standard InChI is InChI=1S/C12H11NOS.C7H9N.C5H4O2.C3H10N2.C3H8.C2H6/c14-7-10-6-9-5-8-3-1-2-4-11(8)13-12(9)15-10;1-8-7-5-3-2-4-6-7;6-4-5-2-1-3-7-5;1-5-3-2-4;1-3-2;1-2/h5-7H,1-4H2;2-6,8H,1H3;1-4H;5H,2-4H2,1H3;3H2,1-2H3;1-2H3. The van der Waals surface area contributed by atoms with Crippen molar-refractivity contribution < 1.29 is 14.0 Å². The summed E-state index contributed by atoms with van der Waals surface area (Å²) >= 11 is 1.49. The number of carbonyl (C=O) groups is 2. The van der Waals surface area contributed by atoms with Gasteiger partial charge in [0.1, 0.15) is 4.83 Å². The third-order valence-electron chi connectivity index (χ3n) is 5.04. The normalized spacial score (nSPS) is 10.6. The number of nitrogens with one attached hydrogen (secondary N) is 2. The van der Waals surface area contributed by atoms with E-state index in [1.807, 2.05) is 64.3 Å². The highest BCUT2D eigenvalue weighted by atomic mass is 32.1. The molecular weight excluding hydrogens is 520 g/mol. The Hall–Kier alpha value is -3.33. The van der Waals surface area contributed by atoms with Crippen molar-refractivity contribution in [3.63, 3.8) is 0 Å². The maximum absolute atomic E-state index is 10.7. The van der Waals surface area contributed by atoms with Gasteiger partial charge in [-0.3, -0.25) is 9.59 Å². The Labute approximate surface area is 244 Å². The van der Waals surface area contributed by atoms with Crippen LogP contribution in [0.4, 0.5) is 5.69 Å². The van der Waals surface area contributed by atoms with E-state index < -0.39 is 0 Å². The van der Waals surface area contributed by atoms with Crippen LogP contribution in [-0.2, 0) is 12.8 Å². The van der Waals surface area contributed by atoms with Crippen molar-refractivity contribution in [3.8, 4) is 0 Å². The lowest BCUT2D eigenvalue weighted by atomic mass is 9.96. The largest absolute Gasteiger partial charge is 0.462 e. The summed E-state index contributed by atoms with van der Waals surface area (Å²) in [7, 11) is 3.79. The number of furan rings is 1. The van der Waals surface area contributed by atoms with Crippen LogP contribution < -0.4 is 16.4 Å². The van der Waals surface area contributed by atoms with Crippen LogP contribution in [0.25, 0.3) is 10.2 Å². The Balaban J connectivity index is 0.000000521. The van der Waals surface area contributed by atoms with Crippen LogP contribution in [0, 0.1) is 0 Å². The first kappa shape index (κ1) is 36.7. The van der Waals surface area contributed by atoms with Crippen molar-refractivity contribution >= 4 is 39.8 Å². The van der Waals surface area contributed by atoms with Crippen LogP contribution in [0.5, 0.6) is 0 Å². The second-order valence-electron chi connectivity index (χ2n) is 8.31. The summed E-state index contributed by atoms with van der Waals surface area (Å²) in [6.07, 6.45) is 9.04. The van der Waals surface area contributed by atoms with Gasteiger partial charge in [-0.15, -0.1) is 11.3 Å². The van der Waals surface area contributed by atoms with Gasteiger partial charge in [0.05, 0.1) is 11.1 Å². The van der Waals surface area contributed by atoms with Crippen LogP contribution in [-0.4, -0.2) is 44.7 Å². The molecule has 0 saturated heterocycles. The van der Waals surface area contributed by atoms with Crippen molar-refractivity contribution in [2.24, 2.45) is 5.73 Å². The molecule has 220 valence electrons. The van der Waals surface area contributed by atoms with Gasteiger partial charge in [0, 0.05) is 36.9 Å². The Morgan fingerprint density at radius 1 is 0.975 bits per heavy atom. The minimum absolute atomic E-state index is 0.375. The first-order chi connectivity index (χ1) is 19.6. The molecule has 0 unspecified atom stereocenters. The molecule has 5 rings (SSSR count). The van der Waals surface area contributed by atoms with Gasteiger partial charge in [-0.05, 0) is 74.7 Å². The molecule has 0 radical (unpaired) electrons. The number of rotatable bonds is 5. The van der Waals surface area contributed by atoms with E-state index in [-0.39, 0.29) is 0 Å². The quantitative estimate of drug-likeness (QED) is 0.215. The van der Waals surface area contributed by atoms with Crippen molar-refractivity contribution in [2.75, 3.05) is 32.5 Å². The molecule has 4 N–H and O–H groups in total. The minimum Gasteiger partial charge on any atom is -0.462 e.